The highest BCUT2D eigenvalue weighted by Crippen LogP contribution is 2.28. The monoisotopic (exact) mass is 332 g/mol. The smallest absolute Gasteiger partial charge is 0.0892 e. The second-order valence-electron chi connectivity index (χ2n) is 7.42. The summed E-state index contributed by atoms with van der Waals surface area (Å²) in [5.74, 6) is 0. The molecule has 0 fully saturated rings. The van der Waals surface area contributed by atoms with Crippen molar-refractivity contribution in [2.45, 2.75) is 70.6 Å². The van der Waals surface area contributed by atoms with Gasteiger partial charge in [-0.25, -0.2) is 0 Å². The lowest BCUT2D eigenvalue weighted by Crippen LogP contribution is -2.05. The Hall–Kier alpha value is -1.96. The summed E-state index contributed by atoms with van der Waals surface area (Å²) in [4.78, 5) is 10.0. The van der Waals surface area contributed by atoms with Crippen LogP contribution < -0.4 is 0 Å². The molecule has 0 N–H and O–H groups in total. The number of rotatable bonds is 0. The van der Waals surface area contributed by atoms with Crippen molar-refractivity contribution in [1.29, 1.82) is 0 Å². The summed E-state index contributed by atoms with van der Waals surface area (Å²) in [5.41, 5.74) is 7.76. The molecule has 2 aromatic heterocycles. The Bertz CT molecular complexity index is 761. The van der Waals surface area contributed by atoms with Crippen LogP contribution in [0.3, 0.4) is 0 Å². The van der Waals surface area contributed by atoms with Gasteiger partial charge in [-0.1, -0.05) is 24.6 Å². The Morgan fingerprint density at radius 1 is 0.680 bits per heavy atom. The first-order valence-corrected chi connectivity index (χ1v) is 10.0. The molecule has 2 nitrogen and oxygen atoms in total. The first kappa shape index (κ1) is 16.5. The van der Waals surface area contributed by atoms with Gasteiger partial charge in [0.1, 0.15) is 0 Å². The Labute approximate surface area is 151 Å². The molecule has 0 unspecified atom stereocenters. The molecule has 0 amide bonds. The van der Waals surface area contributed by atoms with Crippen molar-refractivity contribution in [3.05, 3.63) is 58.9 Å². The number of pyridine rings is 2. The highest BCUT2D eigenvalue weighted by molar-refractivity contribution is 5.57. The van der Waals surface area contributed by atoms with Crippen molar-refractivity contribution in [3.63, 3.8) is 0 Å². The molecule has 0 saturated heterocycles. The van der Waals surface area contributed by atoms with E-state index in [1.165, 1.54) is 68.3 Å². The van der Waals surface area contributed by atoms with Crippen LogP contribution in [0.4, 0.5) is 0 Å². The lowest BCUT2D eigenvalue weighted by molar-refractivity contribution is 0.708. The number of nitrogens with zero attached hydrogens (tertiary/aromatic N) is 2. The molecule has 2 aromatic rings. The summed E-state index contributed by atoms with van der Waals surface area (Å²) in [5, 5.41) is 0. The van der Waals surface area contributed by atoms with E-state index in [-0.39, 0.29) is 0 Å². The van der Waals surface area contributed by atoms with Gasteiger partial charge in [-0.3, -0.25) is 9.97 Å². The quantitative estimate of drug-likeness (QED) is 0.462. The lowest BCUT2D eigenvalue weighted by atomic mass is 9.96. The van der Waals surface area contributed by atoms with E-state index in [9.17, 15) is 0 Å². The molecule has 0 atom stereocenters. The summed E-state index contributed by atoms with van der Waals surface area (Å²) < 4.78 is 0. The fraction of sp³-hybridized carbons (Fsp3) is 0.478. The molecule has 4 bridgehead atoms. The molecular formula is C23H28N2. The van der Waals surface area contributed by atoms with E-state index in [0.29, 0.717) is 0 Å². The van der Waals surface area contributed by atoms with Crippen molar-refractivity contribution < 1.29 is 0 Å². The zero-order valence-electron chi connectivity index (χ0n) is 15.1. The third-order valence-electron chi connectivity index (χ3n) is 5.50. The van der Waals surface area contributed by atoms with Gasteiger partial charge < -0.3 is 0 Å². The van der Waals surface area contributed by atoms with Crippen molar-refractivity contribution >= 4 is 0 Å². The van der Waals surface area contributed by atoms with Crippen LogP contribution in [-0.2, 0) is 25.7 Å². The van der Waals surface area contributed by atoms with Crippen LogP contribution in [-0.4, -0.2) is 9.97 Å². The number of hydrogen-bond acceptors (Lipinski definition) is 2. The summed E-state index contributed by atoms with van der Waals surface area (Å²) in [6.45, 7) is 0. The Kier molecular flexibility index (Phi) is 5.25. The van der Waals surface area contributed by atoms with E-state index in [1.807, 2.05) is 0 Å². The van der Waals surface area contributed by atoms with Gasteiger partial charge in [0, 0.05) is 11.4 Å². The van der Waals surface area contributed by atoms with Crippen molar-refractivity contribution in [3.8, 4) is 11.4 Å². The third-order valence-corrected chi connectivity index (χ3v) is 5.50. The molecule has 0 radical (unpaired) electrons. The van der Waals surface area contributed by atoms with Gasteiger partial charge in [-0.2, -0.15) is 0 Å². The van der Waals surface area contributed by atoms with Gasteiger partial charge >= 0.3 is 0 Å². The van der Waals surface area contributed by atoms with Crippen LogP contribution in [0.25, 0.3) is 11.4 Å². The fourth-order valence-corrected chi connectivity index (χ4v) is 4.13. The van der Waals surface area contributed by atoms with E-state index < -0.39 is 0 Å². The summed E-state index contributed by atoms with van der Waals surface area (Å²) in [7, 11) is 0. The molecule has 0 spiro atoms. The molecule has 4 rings (SSSR count). The predicted octanol–water partition coefficient (Wildman–Crippen LogP) is 5.63. The number of fused-ring (bicyclic) bond motifs is 7. The SMILES string of the molecule is C1=C\CCCc2nc(cc3c2CCCCC3)-c2cccc(n2)CCC/1. The van der Waals surface area contributed by atoms with Gasteiger partial charge in [0.25, 0.3) is 0 Å². The second-order valence-corrected chi connectivity index (χ2v) is 7.42. The van der Waals surface area contributed by atoms with Crippen molar-refractivity contribution in [2.75, 3.05) is 0 Å². The molecule has 0 aromatic carbocycles. The molecule has 1 aliphatic heterocycles. The van der Waals surface area contributed by atoms with Crippen LogP contribution in [0, 0.1) is 0 Å². The molecule has 25 heavy (non-hydrogen) atoms. The minimum Gasteiger partial charge on any atom is -0.251 e. The zero-order chi connectivity index (χ0) is 16.9. The number of allylic oxidation sites excluding steroid dienone is 2. The summed E-state index contributed by atoms with van der Waals surface area (Å²) in [6, 6.07) is 8.77. The molecular weight excluding hydrogens is 304 g/mol. The fourth-order valence-electron chi connectivity index (χ4n) is 4.13. The standard InChI is InChI=1S/C23H28N2/c1-2-4-9-15-21-20-14-8-5-6-11-18(20)17-23(25-21)22-16-10-13-19(24-22)12-7-3-1/h1-2,10,13,16-17H,3-9,11-12,14-15H2/b2-1-. The number of aromatic nitrogens is 2. The minimum atomic E-state index is 1.05. The normalized spacial score (nSPS) is 19.4. The molecule has 1 aliphatic carbocycles. The van der Waals surface area contributed by atoms with Crippen molar-refractivity contribution in [2.24, 2.45) is 0 Å². The lowest BCUT2D eigenvalue weighted by Gasteiger charge is -2.15. The highest BCUT2D eigenvalue weighted by atomic mass is 14.8. The van der Waals surface area contributed by atoms with Crippen LogP contribution >= 0.6 is 0 Å². The van der Waals surface area contributed by atoms with Gasteiger partial charge in [-0.05, 0) is 93.5 Å². The summed E-state index contributed by atoms with van der Waals surface area (Å²) in [6.07, 6.45) is 17.9. The number of aryl methyl sites for hydroxylation is 3. The van der Waals surface area contributed by atoms with Crippen molar-refractivity contribution in [1.82, 2.24) is 9.97 Å². The van der Waals surface area contributed by atoms with Crippen LogP contribution in [0.5, 0.6) is 0 Å². The topological polar surface area (TPSA) is 25.8 Å². The Balaban J connectivity index is 1.78. The molecule has 2 aliphatic rings. The highest BCUT2D eigenvalue weighted by Gasteiger charge is 2.16. The molecule has 2 heteroatoms. The van der Waals surface area contributed by atoms with E-state index in [4.69, 9.17) is 9.97 Å². The van der Waals surface area contributed by atoms with E-state index >= 15 is 0 Å². The molecule has 130 valence electrons. The van der Waals surface area contributed by atoms with Gasteiger partial charge in [-0.15, -0.1) is 0 Å². The summed E-state index contributed by atoms with van der Waals surface area (Å²) >= 11 is 0. The first-order chi connectivity index (χ1) is 12.4. The maximum absolute atomic E-state index is 5.10. The average Bonchev–Trinajstić information content (AvgIpc) is 2.89. The minimum absolute atomic E-state index is 1.05. The van der Waals surface area contributed by atoms with E-state index in [2.05, 4.69) is 36.4 Å². The maximum atomic E-state index is 5.10. The van der Waals surface area contributed by atoms with E-state index in [0.717, 1.165) is 30.7 Å². The molecule has 0 saturated carbocycles. The predicted molar refractivity (Wildman–Crippen MR) is 104 cm³/mol. The number of hydrogen-bond donors (Lipinski definition) is 0. The van der Waals surface area contributed by atoms with Crippen LogP contribution in [0.15, 0.2) is 36.4 Å². The average molecular weight is 332 g/mol. The van der Waals surface area contributed by atoms with E-state index in [1.54, 1.807) is 5.56 Å². The van der Waals surface area contributed by atoms with Crippen LogP contribution in [0.1, 0.15) is 67.5 Å². The Morgan fingerprint density at radius 3 is 2.44 bits per heavy atom. The van der Waals surface area contributed by atoms with Gasteiger partial charge in [0.15, 0.2) is 0 Å². The van der Waals surface area contributed by atoms with Gasteiger partial charge in [0.05, 0.1) is 11.4 Å². The van der Waals surface area contributed by atoms with Gasteiger partial charge in [0.2, 0.25) is 0 Å². The van der Waals surface area contributed by atoms with Crippen LogP contribution in [0.2, 0.25) is 0 Å². The Morgan fingerprint density at radius 2 is 1.52 bits per heavy atom. The first-order valence-electron chi connectivity index (χ1n) is 10.0. The third kappa shape index (κ3) is 4.00. The molecule has 3 heterocycles. The zero-order valence-corrected chi connectivity index (χ0v) is 15.1. The maximum Gasteiger partial charge on any atom is 0.0892 e. The largest absolute Gasteiger partial charge is 0.251 e. The second kappa shape index (κ2) is 7.95.